The molecule has 0 amide bonds. The number of hydrogen-bond acceptors (Lipinski definition) is 2. The molecule has 0 fully saturated rings. The van der Waals surface area contributed by atoms with E-state index in [1.54, 1.807) is 0 Å². The fourth-order valence-corrected chi connectivity index (χ4v) is 3.14. The van der Waals surface area contributed by atoms with Gasteiger partial charge < -0.3 is 0 Å². The highest BCUT2D eigenvalue weighted by atomic mass is 32.2. The van der Waals surface area contributed by atoms with Crippen LogP contribution in [0.15, 0.2) is 54.6 Å². The van der Waals surface area contributed by atoms with Gasteiger partial charge in [-0.05, 0) is 23.1 Å². The van der Waals surface area contributed by atoms with Crippen molar-refractivity contribution in [2.75, 3.05) is 0 Å². The second-order valence-electron chi connectivity index (χ2n) is 5.31. The second-order valence-corrected chi connectivity index (χ2v) is 6.29. The van der Waals surface area contributed by atoms with Gasteiger partial charge in [-0.3, -0.25) is 4.79 Å². The van der Waals surface area contributed by atoms with Gasteiger partial charge in [-0.15, -0.1) is 0 Å². The lowest BCUT2D eigenvalue weighted by molar-refractivity contribution is -0.111. The summed E-state index contributed by atoms with van der Waals surface area (Å²) in [5, 5.41) is 0.238. The quantitative estimate of drug-likeness (QED) is 0.729. The van der Waals surface area contributed by atoms with Crippen molar-refractivity contribution in [3.63, 3.8) is 0 Å². The predicted octanol–water partition coefficient (Wildman–Crippen LogP) is 5.20. The van der Waals surface area contributed by atoms with Crippen LogP contribution >= 0.6 is 11.8 Å². The summed E-state index contributed by atoms with van der Waals surface area (Å²) < 4.78 is 0. The minimum absolute atomic E-state index is 0.0469. The van der Waals surface area contributed by atoms with Crippen LogP contribution in [0, 0.1) is 0 Å². The molecule has 2 rings (SSSR count). The third kappa shape index (κ3) is 4.75. The third-order valence-corrected chi connectivity index (χ3v) is 4.71. The molecule has 1 nitrogen and oxygen atoms in total. The normalized spacial score (nSPS) is 12.1. The molecule has 0 spiro atoms. The van der Waals surface area contributed by atoms with E-state index in [9.17, 15) is 4.79 Å². The number of carbonyl (C=O) groups is 1. The Hall–Kier alpha value is -1.54. The molecule has 0 aromatic heterocycles. The number of carbonyl (C=O) groups excluding carboxylic acids is 1. The van der Waals surface area contributed by atoms with Crippen LogP contribution in [0.25, 0.3) is 0 Å². The van der Waals surface area contributed by atoms with E-state index in [4.69, 9.17) is 0 Å². The monoisotopic (exact) mass is 298 g/mol. The summed E-state index contributed by atoms with van der Waals surface area (Å²) in [5.41, 5.74) is 3.65. The molecular weight excluding hydrogens is 276 g/mol. The van der Waals surface area contributed by atoms with E-state index in [0.29, 0.717) is 0 Å². The van der Waals surface area contributed by atoms with Crippen molar-refractivity contribution in [1.82, 2.24) is 0 Å². The Morgan fingerprint density at radius 2 is 1.67 bits per heavy atom. The van der Waals surface area contributed by atoms with Gasteiger partial charge in [0.15, 0.2) is 5.12 Å². The Labute approximate surface area is 131 Å². The molecule has 0 heterocycles. The topological polar surface area (TPSA) is 17.1 Å². The Kier molecular flexibility index (Phi) is 6.06. The minimum atomic E-state index is -0.0469. The number of benzene rings is 2. The molecule has 0 unspecified atom stereocenters. The smallest absolute Gasteiger partial charge is 0.196 e. The highest BCUT2D eigenvalue weighted by molar-refractivity contribution is 8.13. The molecule has 0 radical (unpaired) electrons. The van der Waals surface area contributed by atoms with Crippen LogP contribution in [-0.4, -0.2) is 5.12 Å². The van der Waals surface area contributed by atoms with Gasteiger partial charge in [0, 0.05) is 5.75 Å². The molecule has 0 aliphatic heterocycles. The third-order valence-electron chi connectivity index (χ3n) is 3.60. The van der Waals surface area contributed by atoms with Crippen LogP contribution in [-0.2, 0) is 17.0 Å². The van der Waals surface area contributed by atoms with Gasteiger partial charge in [-0.1, -0.05) is 86.6 Å². The van der Waals surface area contributed by atoms with Crippen molar-refractivity contribution in [1.29, 1.82) is 0 Å². The average Bonchev–Trinajstić information content (AvgIpc) is 2.54. The van der Waals surface area contributed by atoms with Gasteiger partial charge >= 0.3 is 0 Å². The first kappa shape index (κ1) is 15.8. The summed E-state index contributed by atoms with van der Waals surface area (Å²) in [6, 6.07) is 18.6. The molecule has 110 valence electrons. The van der Waals surface area contributed by atoms with Crippen molar-refractivity contribution in [3.8, 4) is 0 Å². The summed E-state index contributed by atoms with van der Waals surface area (Å²) in [5.74, 6) is 0.701. The van der Waals surface area contributed by atoms with E-state index in [0.717, 1.165) is 24.2 Å². The van der Waals surface area contributed by atoms with E-state index in [1.165, 1.54) is 22.9 Å². The maximum atomic E-state index is 12.3. The van der Waals surface area contributed by atoms with E-state index in [-0.39, 0.29) is 11.0 Å². The first-order chi connectivity index (χ1) is 10.2. The van der Waals surface area contributed by atoms with Crippen molar-refractivity contribution >= 4 is 16.9 Å². The Balaban J connectivity index is 1.92. The summed E-state index contributed by atoms with van der Waals surface area (Å²) in [6.45, 7) is 4.18. The van der Waals surface area contributed by atoms with Crippen molar-refractivity contribution < 1.29 is 4.79 Å². The summed E-state index contributed by atoms with van der Waals surface area (Å²) >= 11 is 1.41. The van der Waals surface area contributed by atoms with E-state index in [1.807, 2.05) is 25.1 Å². The first-order valence-electron chi connectivity index (χ1n) is 7.50. The van der Waals surface area contributed by atoms with Gasteiger partial charge in [-0.25, -0.2) is 0 Å². The van der Waals surface area contributed by atoms with Gasteiger partial charge in [0.05, 0.1) is 5.92 Å². The highest BCUT2D eigenvalue weighted by Gasteiger charge is 2.15. The molecule has 0 saturated carbocycles. The van der Waals surface area contributed by atoms with E-state index >= 15 is 0 Å². The summed E-state index contributed by atoms with van der Waals surface area (Å²) in [7, 11) is 0. The van der Waals surface area contributed by atoms with Gasteiger partial charge in [0.1, 0.15) is 0 Å². The van der Waals surface area contributed by atoms with Gasteiger partial charge in [-0.2, -0.15) is 0 Å². The SMILES string of the molecule is CCCc1ccc([C@H](C)C(=O)SCc2ccccc2)cc1. The largest absolute Gasteiger partial charge is 0.287 e. The number of thioether (sulfide) groups is 1. The molecule has 2 heteroatoms. The average molecular weight is 298 g/mol. The Bertz CT molecular complexity index is 560. The van der Waals surface area contributed by atoms with Crippen molar-refractivity contribution in [2.45, 2.75) is 38.4 Å². The number of aryl methyl sites for hydroxylation is 1. The fraction of sp³-hybridized carbons (Fsp3) is 0.316. The standard InChI is InChI=1S/C19H22OS/c1-3-7-16-10-12-18(13-11-16)15(2)19(20)21-14-17-8-5-4-6-9-17/h4-6,8-13,15H,3,7,14H2,1-2H3/t15-/m0/s1. The Morgan fingerprint density at radius 1 is 1.00 bits per heavy atom. The maximum absolute atomic E-state index is 12.3. The summed E-state index contributed by atoms with van der Waals surface area (Å²) in [6.07, 6.45) is 2.26. The molecule has 0 N–H and O–H groups in total. The highest BCUT2D eigenvalue weighted by Crippen LogP contribution is 2.25. The molecular formula is C19H22OS. The number of rotatable bonds is 6. The van der Waals surface area contributed by atoms with Crippen LogP contribution in [0.1, 0.15) is 42.9 Å². The molecule has 1 atom stereocenters. The zero-order valence-corrected chi connectivity index (χ0v) is 13.5. The Morgan fingerprint density at radius 3 is 2.29 bits per heavy atom. The van der Waals surface area contributed by atoms with Gasteiger partial charge in [0.25, 0.3) is 0 Å². The summed E-state index contributed by atoms with van der Waals surface area (Å²) in [4.78, 5) is 12.3. The van der Waals surface area contributed by atoms with Crippen molar-refractivity contribution in [2.24, 2.45) is 0 Å². The molecule has 0 bridgehead atoms. The van der Waals surface area contributed by atoms with E-state index in [2.05, 4.69) is 43.3 Å². The lowest BCUT2D eigenvalue weighted by Gasteiger charge is -2.11. The fourth-order valence-electron chi connectivity index (χ4n) is 2.25. The van der Waals surface area contributed by atoms with Crippen LogP contribution in [0.5, 0.6) is 0 Å². The minimum Gasteiger partial charge on any atom is -0.287 e. The lowest BCUT2D eigenvalue weighted by atomic mass is 10.00. The molecule has 2 aromatic rings. The van der Waals surface area contributed by atoms with Crippen LogP contribution in [0.2, 0.25) is 0 Å². The predicted molar refractivity (Wildman–Crippen MR) is 91.6 cm³/mol. The first-order valence-corrected chi connectivity index (χ1v) is 8.48. The molecule has 2 aromatic carbocycles. The second kappa shape index (κ2) is 8.04. The zero-order chi connectivity index (χ0) is 15.1. The van der Waals surface area contributed by atoms with Gasteiger partial charge in [0.2, 0.25) is 0 Å². The van der Waals surface area contributed by atoms with Crippen molar-refractivity contribution in [3.05, 3.63) is 71.3 Å². The van der Waals surface area contributed by atoms with Crippen LogP contribution in [0.4, 0.5) is 0 Å². The molecule has 0 aliphatic carbocycles. The van der Waals surface area contributed by atoms with E-state index < -0.39 is 0 Å². The molecule has 0 saturated heterocycles. The zero-order valence-electron chi connectivity index (χ0n) is 12.7. The maximum Gasteiger partial charge on any atom is 0.196 e. The molecule has 0 aliphatic rings. The van der Waals surface area contributed by atoms with Crippen LogP contribution in [0.3, 0.4) is 0 Å². The van der Waals surface area contributed by atoms with Crippen LogP contribution < -0.4 is 0 Å². The molecule has 21 heavy (non-hydrogen) atoms. The lowest BCUT2D eigenvalue weighted by Crippen LogP contribution is -2.05. The number of hydrogen-bond donors (Lipinski definition) is 0.